The molecular formula is C23H27FN2O2. The average Bonchev–Trinajstić information content (AvgIpc) is 2.72. The molecule has 1 atom stereocenters. The first-order valence-electron chi connectivity index (χ1n) is 9.94. The number of rotatable bonds is 8. The van der Waals surface area contributed by atoms with E-state index in [2.05, 4.69) is 34.5 Å². The van der Waals surface area contributed by atoms with Crippen LogP contribution in [0.25, 0.3) is 0 Å². The maximum atomic E-state index is 12.9. The summed E-state index contributed by atoms with van der Waals surface area (Å²) in [6.07, 6.45) is 3.35. The van der Waals surface area contributed by atoms with Crippen LogP contribution >= 0.6 is 0 Å². The van der Waals surface area contributed by atoms with E-state index in [0.717, 1.165) is 38.9 Å². The molecule has 1 N–H and O–H groups in total. The van der Waals surface area contributed by atoms with Crippen LogP contribution in [0.2, 0.25) is 0 Å². The van der Waals surface area contributed by atoms with E-state index in [-0.39, 0.29) is 36.4 Å². The Hall–Kier alpha value is -2.53. The van der Waals surface area contributed by atoms with Crippen molar-refractivity contribution in [1.82, 2.24) is 10.2 Å². The number of benzene rings is 2. The van der Waals surface area contributed by atoms with Gasteiger partial charge >= 0.3 is 0 Å². The SMILES string of the molecule is O=C(CCC(=O)c1ccc(F)cc1)N[C@@H]1CCCN(CCc2ccccc2)C1. The number of hydrogen-bond donors (Lipinski definition) is 1. The monoisotopic (exact) mass is 382 g/mol. The Morgan fingerprint density at radius 2 is 1.79 bits per heavy atom. The Morgan fingerprint density at radius 1 is 1.04 bits per heavy atom. The zero-order valence-corrected chi connectivity index (χ0v) is 16.1. The van der Waals surface area contributed by atoms with E-state index < -0.39 is 0 Å². The van der Waals surface area contributed by atoms with Gasteiger partial charge in [-0.25, -0.2) is 4.39 Å². The molecule has 0 aromatic heterocycles. The largest absolute Gasteiger partial charge is 0.352 e. The van der Waals surface area contributed by atoms with Crippen LogP contribution in [0.1, 0.15) is 41.6 Å². The van der Waals surface area contributed by atoms with Gasteiger partial charge < -0.3 is 10.2 Å². The van der Waals surface area contributed by atoms with E-state index in [4.69, 9.17) is 0 Å². The molecule has 4 nitrogen and oxygen atoms in total. The predicted molar refractivity (Wildman–Crippen MR) is 108 cm³/mol. The number of nitrogens with one attached hydrogen (secondary N) is 1. The van der Waals surface area contributed by atoms with Crippen LogP contribution in [0.4, 0.5) is 4.39 Å². The molecule has 148 valence electrons. The Bertz CT molecular complexity index is 777. The molecule has 1 aliphatic heterocycles. The lowest BCUT2D eigenvalue weighted by Crippen LogP contribution is -2.48. The lowest BCUT2D eigenvalue weighted by atomic mass is 10.0. The zero-order valence-electron chi connectivity index (χ0n) is 16.1. The second-order valence-corrected chi connectivity index (χ2v) is 7.37. The van der Waals surface area contributed by atoms with E-state index in [0.29, 0.717) is 5.56 Å². The van der Waals surface area contributed by atoms with Gasteiger partial charge in [0, 0.05) is 37.5 Å². The van der Waals surface area contributed by atoms with Crippen LogP contribution < -0.4 is 5.32 Å². The highest BCUT2D eigenvalue weighted by Crippen LogP contribution is 2.12. The molecule has 1 fully saturated rings. The molecular weight excluding hydrogens is 355 g/mol. The summed E-state index contributed by atoms with van der Waals surface area (Å²) in [5.41, 5.74) is 1.77. The number of carbonyl (C=O) groups excluding carboxylic acids is 2. The van der Waals surface area contributed by atoms with E-state index in [1.54, 1.807) is 0 Å². The van der Waals surface area contributed by atoms with Crippen molar-refractivity contribution in [2.75, 3.05) is 19.6 Å². The van der Waals surface area contributed by atoms with E-state index in [1.165, 1.54) is 29.8 Å². The minimum atomic E-state index is -0.372. The van der Waals surface area contributed by atoms with Crippen molar-refractivity contribution in [3.63, 3.8) is 0 Å². The smallest absolute Gasteiger partial charge is 0.220 e. The second kappa shape index (κ2) is 10.1. The molecule has 1 saturated heterocycles. The quantitative estimate of drug-likeness (QED) is 0.710. The van der Waals surface area contributed by atoms with Crippen molar-refractivity contribution in [2.24, 2.45) is 0 Å². The first-order valence-corrected chi connectivity index (χ1v) is 9.94. The van der Waals surface area contributed by atoms with Gasteiger partial charge in [0.1, 0.15) is 5.82 Å². The van der Waals surface area contributed by atoms with Crippen molar-refractivity contribution in [3.05, 3.63) is 71.5 Å². The number of piperidine rings is 1. The predicted octanol–water partition coefficient (Wildman–Crippen LogP) is 3.61. The Balaban J connectivity index is 1.39. The van der Waals surface area contributed by atoms with Crippen molar-refractivity contribution in [2.45, 2.75) is 38.1 Å². The number of ketones is 1. The molecule has 0 saturated carbocycles. The molecule has 0 bridgehead atoms. The van der Waals surface area contributed by atoms with Crippen LogP contribution in [-0.2, 0) is 11.2 Å². The van der Waals surface area contributed by atoms with Crippen LogP contribution in [0.5, 0.6) is 0 Å². The summed E-state index contributed by atoms with van der Waals surface area (Å²) < 4.78 is 12.9. The first kappa shape index (κ1) is 20.2. The third kappa shape index (κ3) is 6.27. The van der Waals surface area contributed by atoms with Crippen LogP contribution in [0.15, 0.2) is 54.6 Å². The molecule has 0 radical (unpaired) electrons. The van der Waals surface area contributed by atoms with E-state index in [1.807, 2.05) is 6.07 Å². The lowest BCUT2D eigenvalue weighted by Gasteiger charge is -2.33. The third-order valence-corrected chi connectivity index (χ3v) is 5.18. The highest BCUT2D eigenvalue weighted by Gasteiger charge is 2.21. The molecule has 28 heavy (non-hydrogen) atoms. The molecule has 2 aromatic rings. The van der Waals surface area contributed by atoms with Gasteiger partial charge in [0.25, 0.3) is 0 Å². The number of amides is 1. The maximum Gasteiger partial charge on any atom is 0.220 e. The summed E-state index contributed by atoms with van der Waals surface area (Å²) in [6, 6.07) is 16.0. The lowest BCUT2D eigenvalue weighted by molar-refractivity contribution is -0.122. The highest BCUT2D eigenvalue weighted by atomic mass is 19.1. The van der Waals surface area contributed by atoms with Crippen molar-refractivity contribution in [1.29, 1.82) is 0 Å². The molecule has 0 unspecified atom stereocenters. The van der Waals surface area contributed by atoms with Gasteiger partial charge in [0.15, 0.2) is 5.78 Å². The molecule has 1 aliphatic rings. The molecule has 5 heteroatoms. The van der Waals surface area contributed by atoms with Gasteiger partial charge in [0.05, 0.1) is 0 Å². The molecule has 2 aromatic carbocycles. The minimum absolute atomic E-state index is 0.0922. The summed E-state index contributed by atoms with van der Waals surface area (Å²) in [6.45, 7) is 2.90. The second-order valence-electron chi connectivity index (χ2n) is 7.37. The number of nitrogens with zero attached hydrogens (tertiary/aromatic N) is 1. The van der Waals surface area contributed by atoms with Crippen LogP contribution in [0, 0.1) is 5.82 Å². The standard InChI is InChI=1S/C23H27FN2O2/c24-20-10-8-19(9-11-20)22(27)12-13-23(28)25-21-7-4-15-26(17-21)16-14-18-5-2-1-3-6-18/h1-3,5-6,8-11,21H,4,7,12-17H2,(H,25,28)/t21-/m1/s1. The zero-order chi connectivity index (χ0) is 19.8. The Labute approximate surface area is 165 Å². The fourth-order valence-electron chi connectivity index (χ4n) is 3.62. The fourth-order valence-corrected chi connectivity index (χ4v) is 3.62. The average molecular weight is 382 g/mol. The molecule has 0 aliphatic carbocycles. The normalized spacial score (nSPS) is 17.2. The highest BCUT2D eigenvalue weighted by molar-refractivity contribution is 5.97. The number of likely N-dealkylation sites (tertiary alicyclic amines) is 1. The molecule has 0 spiro atoms. The topological polar surface area (TPSA) is 49.4 Å². The van der Waals surface area contributed by atoms with Gasteiger partial charge in [-0.15, -0.1) is 0 Å². The summed E-state index contributed by atoms with van der Waals surface area (Å²) in [5, 5.41) is 3.07. The number of hydrogen-bond acceptors (Lipinski definition) is 3. The number of carbonyl (C=O) groups is 2. The fraction of sp³-hybridized carbons (Fsp3) is 0.391. The van der Waals surface area contributed by atoms with Crippen LogP contribution in [0.3, 0.4) is 0 Å². The van der Waals surface area contributed by atoms with Crippen molar-refractivity contribution >= 4 is 11.7 Å². The first-order chi connectivity index (χ1) is 13.6. The van der Waals surface area contributed by atoms with Gasteiger partial charge in [0.2, 0.25) is 5.91 Å². The summed E-state index contributed by atoms with van der Waals surface area (Å²) in [4.78, 5) is 26.8. The maximum absolute atomic E-state index is 12.9. The van der Waals surface area contributed by atoms with E-state index >= 15 is 0 Å². The molecule has 1 heterocycles. The summed E-state index contributed by atoms with van der Waals surface area (Å²) in [5.74, 6) is -0.600. The van der Waals surface area contributed by atoms with E-state index in [9.17, 15) is 14.0 Å². The molecule has 3 rings (SSSR count). The molecule has 1 amide bonds. The summed E-state index contributed by atoms with van der Waals surface area (Å²) >= 11 is 0. The third-order valence-electron chi connectivity index (χ3n) is 5.18. The van der Waals surface area contributed by atoms with Crippen molar-refractivity contribution in [3.8, 4) is 0 Å². The number of Topliss-reactive ketones (excluding diaryl/α,β-unsaturated/α-hetero) is 1. The van der Waals surface area contributed by atoms with Crippen molar-refractivity contribution < 1.29 is 14.0 Å². The number of halogens is 1. The van der Waals surface area contributed by atoms with Gasteiger partial charge in [-0.2, -0.15) is 0 Å². The minimum Gasteiger partial charge on any atom is -0.352 e. The van der Waals surface area contributed by atoms with Gasteiger partial charge in [-0.1, -0.05) is 30.3 Å². The van der Waals surface area contributed by atoms with Crippen LogP contribution in [-0.4, -0.2) is 42.3 Å². The Kier molecular flexibility index (Phi) is 7.31. The Morgan fingerprint density at radius 3 is 2.54 bits per heavy atom. The summed E-state index contributed by atoms with van der Waals surface area (Å²) in [7, 11) is 0. The van der Waals surface area contributed by atoms with Gasteiger partial charge in [-0.3, -0.25) is 9.59 Å². The van der Waals surface area contributed by atoms with Gasteiger partial charge in [-0.05, 0) is 55.6 Å².